The van der Waals surface area contributed by atoms with E-state index in [9.17, 15) is 9.59 Å². The molecule has 2 N–H and O–H groups in total. The predicted octanol–water partition coefficient (Wildman–Crippen LogP) is 3.39. The Hall–Kier alpha value is -1.36. The molecule has 0 heterocycles. The minimum Gasteiger partial charge on any atom is -0.325 e. The second kappa shape index (κ2) is 6.54. The molecule has 1 unspecified atom stereocenters. The van der Waals surface area contributed by atoms with Gasteiger partial charge < -0.3 is 10.6 Å². The molecule has 18 heavy (non-hydrogen) atoms. The molecule has 0 fully saturated rings. The van der Waals surface area contributed by atoms with Crippen LogP contribution in [-0.2, 0) is 9.59 Å². The van der Waals surface area contributed by atoms with Gasteiger partial charge in [-0.2, -0.15) is 0 Å². The third-order valence-corrected chi connectivity index (χ3v) is 3.10. The van der Waals surface area contributed by atoms with E-state index < -0.39 is 0 Å². The zero-order chi connectivity index (χ0) is 13.7. The molecule has 1 atom stereocenters. The van der Waals surface area contributed by atoms with Gasteiger partial charge in [0, 0.05) is 17.3 Å². The lowest BCUT2D eigenvalue weighted by Crippen LogP contribution is -2.21. The first-order chi connectivity index (χ1) is 8.43. The summed E-state index contributed by atoms with van der Waals surface area (Å²) < 4.78 is 0.844. The Bertz CT molecular complexity index is 460. The van der Waals surface area contributed by atoms with Gasteiger partial charge in [-0.25, -0.2) is 0 Å². The van der Waals surface area contributed by atoms with Crippen LogP contribution in [0.3, 0.4) is 0 Å². The molecule has 2 amide bonds. The van der Waals surface area contributed by atoms with E-state index in [-0.39, 0.29) is 17.7 Å². The molecule has 0 aliphatic heterocycles. The number of carbonyl (C=O) groups excluding carboxylic acids is 2. The molecule has 0 bridgehead atoms. The van der Waals surface area contributed by atoms with E-state index in [0.717, 1.165) is 10.9 Å². The number of benzene rings is 1. The molecule has 0 aliphatic rings. The molecule has 98 valence electrons. The van der Waals surface area contributed by atoms with Gasteiger partial charge in [-0.15, -0.1) is 0 Å². The van der Waals surface area contributed by atoms with Gasteiger partial charge in [0.1, 0.15) is 0 Å². The number of hydrogen-bond donors (Lipinski definition) is 2. The van der Waals surface area contributed by atoms with Crippen LogP contribution >= 0.6 is 15.9 Å². The maximum absolute atomic E-state index is 11.9. The Morgan fingerprint density at radius 2 is 1.94 bits per heavy atom. The fourth-order valence-corrected chi connectivity index (χ4v) is 1.72. The lowest BCUT2D eigenvalue weighted by molar-refractivity contribution is -0.119. The highest BCUT2D eigenvalue weighted by molar-refractivity contribution is 9.10. The standard InChI is InChI=1S/C13H17BrN2O2/c1-4-8(2)13(18)16-12-7-10(14)5-6-11(12)15-9(3)17/h5-8H,4H2,1-3H3,(H,15,17)(H,16,18). The zero-order valence-corrected chi connectivity index (χ0v) is 12.3. The van der Waals surface area contributed by atoms with E-state index in [4.69, 9.17) is 0 Å². The predicted molar refractivity (Wildman–Crippen MR) is 76.5 cm³/mol. The fraction of sp³-hybridized carbons (Fsp3) is 0.385. The first kappa shape index (κ1) is 14.7. The maximum atomic E-state index is 11.9. The third-order valence-electron chi connectivity index (χ3n) is 2.61. The molecule has 0 aliphatic carbocycles. The van der Waals surface area contributed by atoms with Gasteiger partial charge in [0.15, 0.2) is 0 Å². The molecular formula is C13H17BrN2O2. The van der Waals surface area contributed by atoms with Gasteiger partial charge in [0.05, 0.1) is 11.4 Å². The summed E-state index contributed by atoms with van der Waals surface area (Å²) in [7, 11) is 0. The highest BCUT2D eigenvalue weighted by Crippen LogP contribution is 2.26. The Morgan fingerprint density at radius 3 is 2.50 bits per heavy atom. The van der Waals surface area contributed by atoms with Crippen LogP contribution in [0.5, 0.6) is 0 Å². The van der Waals surface area contributed by atoms with Crippen LogP contribution in [0.15, 0.2) is 22.7 Å². The number of carbonyl (C=O) groups is 2. The van der Waals surface area contributed by atoms with E-state index in [2.05, 4.69) is 26.6 Å². The van der Waals surface area contributed by atoms with Crippen molar-refractivity contribution in [2.45, 2.75) is 27.2 Å². The number of nitrogens with one attached hydrogen (secondary N) is 2. The monoisotopic (exact) mass is 312 g/mol. The largest absolute Gasteiger partial charge is 0.325 e. The van der Waals surface area contributed by atoms with Crippen LogP contribution in [-0.4, -0.2) is 11.8 Å². The first-order valence-electron chi connectivity index (χ1n) is 5.82. The summed E-state index contributed by atoms with van der Waals surface area (Å²) in [6.45, 7) is 5.26. The Kier molecular flexibility index (Phi) is 5.34. The summed E-state index contributed by atoms with van der Waals surface area (Å²) in [6.07, 6.45) is 0.773. The molecule has 1 aromatic rings. The van der Waals surface area contributed by atoms with Crippen LogP contribution in [0, 0.1) is 5.92 Å². The van der Waals surface area contributed by atoms with E-state index in [1.807, 2.05) is 19.9 Å². The molecule has 4 nitrogen and oxygen atoms in total. The molecule has 5 heteroatoms. The molecule has 0 saturated carbocycles. The Labute approximate surface area is 115 Å². The molecule has 0 spiro atoms. The molecule has 0 saturated heterocycles. The summed E-state index contributed by atoms with van der Waals surface area (Å²) in [5.41, 5.74) is 1.20. The van der Waals surface area contributed by atoms with Crippen molar-refractivity contribution in [3.63, 3.8) is 0 Å². The van der Waals surface area contributed by atoms with Crippen LogP contribution in [0.4, 0.5) is 11.4 Å². The van der Waals surface area contributed by atoms with Gasteiger partial charge in [-0.1, -0.05) is 29.8 Å². The Balaban J connectivity index is 2.95. The van der Waals surface area contributed by atoms with Gasteiger partial charge in [-0.3, -0.25) is 9.59 Å². The topological polar surface area (TPSA) is 58.2 Å². The van der Waals surface area contributed by atoms with Crippen LogP contribution in [0.1, 0.15) is 27.2 Å². The van der Waals surface area contributed by atoms with Gasteiger partial charge in [-0.05, 0) is 24.6 Å². The smallest absolute Gasteiger partial charge is 0.227 e. The van der Waals surface area contributed by atoms with Crippen molar-refractivity contribution >= 4 is 39.1 Å². The highest BCUT2D eigenvalue weighted by Gasteiger charge is 2.13. The van der Waals surface area contributed by atoms with Crippen molar-refractivity contribution in [3.05, 3.63) is 22.7 Å². The van der Waals surface area contributed by atoms with Crippen LogP contribution in [0.2, 0.25) is 0 Å². The number of halogens is 1. The fourth-order valence-electron chi connectivity index (χ4n) is 1.36. The number of amides is 2. The SMILES string of the molecule is CCC(C)C(=O)Nc1cc(Br)ccc1NC(C)=O. The molecule has 1 rings (SSSR count). The van der Waals surface area contributed by atoms with Crippen molar-refractivity contribution < 1.29 is 9.59 Å². The van der Waals surface area contributed by atoms with E-state index in [1.165, 1.54) is 6.92 Å². The van der Waals surface area contributed by atoms with Crippen LogP contribution in [0.25, 0.3) is 0 Å². The number of rotatable bonds is 4. The summed E-state index contributed by atoms with van der Waals surface area (Å²) in [5.74, 6) is -0.285. The second-order valence-corrected chi connectivity index (χ2v) is 5.09. The highest BCUT2D eigenvalue weighted by atomic mass is 79.9. The molecule has 0 radical (unpaired) electrons. The second-order valence-electron chi connectivity index (χ2n) is 4.17. The van der Waals surface area contributed by atoms with Gasteiger partial charge in [0.25, 0.3) is 0 Å². The minimum absolute atomic E-state index is 0.0535. The quantitative estimate of drug-likeness (QED) is 0.895. The molecule has 1 aromatic carbocycles. The van der Waals surface area contributed by atoms with Crippen molar-refractivity contribution in [1.82, 2.24) is 0 Å². The van der Waals surface area contributed by atoms with Crippen molar-refractivity contribution in [2.24, 2.45) is 5.92 Å². The van der Waals surface area contributed by atoms with E-state index >= 15 is 0 Å². The average molecular weight is 313 g/mol. The van der Waals surface area contributed by atoms with Crippen LogP contribution < -0.4 is 10.6 Å². The third kappa shape index (κ3) is 4.14. The van der Waals surface area contributed by atoms with Crippen molar-refractivity contribution in [2.75, 3.05) is 10.6 Å². The lowest BCUT2D eigenvalue weighted by atomic mass is 10.1. The first-order valence-corrected chi connectivity index (χ1v) is 6.61. The maximum Gasteiger partial charge on any atom is 0.227 e. The molecule has 0 aromatic heterocycles. The molecular weight excluding hydrogens is 296 g/mol. The normalized spacial score (nSPS) is 11.8. The lowest BCUT2D eigenvalue weighted by Gasteiger charge is -2.14. The van der Waals surface area contributed by atoms with E-state index in [0.29, 0.717) is 11.4 Å². The number of hydrogen-bond acceptors (Lipinski definition) is 2. The van der Waals surface area contributed by atoms with Crippen molar-refractivity contribution in [1.29, 1.82) is 0 Å². The minimum atomic E-state index is -0.170. The average Bonchev–Trinajstić information content (AvgIpc) is 2.31. The Morgan fingerprint density at radius 1 is 1.28 bits per heavy atom. The zero-order valence-electron chi connectivity index (χ0n) is 10.7. The van der Waals surface area contributed by atoms with Crippen molar-refractivity contribution in [3.8, 4) is 0 Å². The summed E-state index contributed by atoms with van der Waals surface area (Å²) >= 11 is 3.34. The summed E-state index contributed by atoms with van der Waals surface area (Å²) in [5, 5.41) is 5.51. The number of anilines is 2. The summed E-state index contributed by atoms with van der Waals surface area (Å²) in [6, 6.07) is 5.33. The van der Waals surface area contributed by atoms with Gasteiger partial charge >= 0.3 is 0 Å². The van der Waals surface area contributed by atoms with Gasteiger partial charge in [0.2, 0.25) is 11.8 Å². The summed E-state index contributed by atoms with van der Waals surface area (Å²) in [4.78, 5) is 22.9. The van der Waals surface area contributed by atoms with E-state index in [1.54, 1.807) is 12.1 Å².